The van der Waals surface area contributed by atoms with Gasteiger partial charge in [-0.2, -0.15) is 43.9 Å². The van der Waals surface area contributed by atoms with E-state index in [0.717, 1.165) is 0 Å². The summed E-state index contributed by atoms with van der Waals surface area (Å²) in [5, 5.41) is 0. The van der Waals surface area contributed by atoms with E-state index in [1.54, 1.807) is 0 Å². The Balaban J connectivity index is 2.25. The molecule has 2 N–H and O–H groups in total. The van der Waals surface area contributed by atoms with Gasteiger partial charge in [-0.25, -0.2) is 8.78 Å². The predicted octanol–water partition coefficient (Wildman–Crippen LogP) is 7.64. The summed E-state index contributed by atoms with van der Waals surface area (Å²) in [6, 6.07) is 8.69. The molecular weight excluding hydrogens is 666 g/mol. The topological polar surface area (TPSA) is 74.1 Å². The first-order chi connectivity index (χ1) is 21.6. The highest BCUT2D eigenvalue weighted by Crippen LogP contribution is 2.73. The molecule has 1 aliphatic rings. The van der Waals surface area contributed by atoms with Gasteiger partial charge in [0.25, 0.3) is 11.5 Å². The number of amides is 1. The Bertz CT molecular complexity index is 1610. The smallest absolute Gasteiger partial charge is 0.461 e. The van der Waals surface area contributed by atoms with Crippen molar-refractivity contribution in [3.05, 3.63) is 95.1 Å². The zero-order valence-electron chi connectivity index (χ0n) is 24.0. The van der Waals surface area contributed by atoms with Crippen molar-refractivity contribution in [1.82, 2.24) is 0 Å². The van der Waals surface area contributed by atoms with E-state index < -0.39 is 94.2 Å². The van der Waals surface area contributed by atoms with Crippen molar-refractivity contribution in [3.63, 3.8) is 0 Å². The van der Waals surface area contributed by atoms with Crippen molar-refractivity contribution < 1.29 is 71.7 Å². The molecule has 0 aliphatic carbocycles. The van der Waals surface area contributed by atoms with Crippen LogP contribution in [0.1, 0.15) is 30.5 Å². The van der Waals surface area contributed by atoms with Gasteiger partial charge in [0.15, 0.2) is 11.6 Å². The largest absolute Gasteiger partial charge is 0.488 e. The normalized spacial score (nSPS) is 19.4. The third-order valence-electron chi connectivity index (χ3n) is 7.48. The number of nitrogens with two attached hydrogens (primary N) is 1. The van der Waals surface area contributed by atoms with Gasteiger partial charge in [-0.1, -0.05) is 36.4 Å². The summed E-state index contributed by atoms with van der Waals surface area (Å²) in [5.41, 5.74) is -9.84. The standard InChI is InChI=1S/C30H23F12NO4/c1-15(2)45-22-12-17(8-9-21(22)32)25(14-16-6-4-3-5-7-16,18-10-19(31)13-20(11-18)46-27(35,36)23(33)34)26(24(43)44)28(47-26,29(37,38)39)30(40,41)42/h3-13,15,23H,14H2,1-2H3,(H2,43,44)/t25-,26?/m1/s1. The molecule has 3 aromatic carbocycles. The first-order valence-corrected chi connectivity index (χ1v) is 13.4. The first-order valence-electron chi connectivity index (χ1n) is 13.4. The van der Waals surface area contributed by atoms with Gasteiger partial charge in [0, 0.05) is 6.07 Å². The zero-order chi connectivity index (χ0) is 35.4. The lowest BCUT2D eigenvalue weighted by molar-refractivity contribution is -0.293. The summed E-state index contributed by atoms with van der Waals surface area (Å²) < 4.78 is 186. The molecular formula is C30H23F12NO4. The van der Waals surface area contributed by atoms with Crippen LogP contribution in [0, 0.1) is 11.6 Å². The minimum absolute atomic E-state index is 0.0937. The number of hydrogen-bond acceptors (Lipinski definition) is 4. The Kier molecular flexibility index (Phi) is 8.98. The number of alkyl halides is 10. The van der Waals surface area contributed by atoms with Crippen molar-refractivity contribution in [2.24, 2.45) is 5.73 Å². The second kappa shape index (κ2) is 11.8. The molecule has 0 saturated carbocycles. The van der Waals surface area contributed by atoms with Crippen molar-refractivity contribution >= 4 is 5.91 Å². The molecule has 5 nitrogen and oxygen atoms in total. The van der Waals surface area contributed by atoms with Crippen molar-refractivity contribution in [2.45, 2.75) is 67.9 Å². The van der Waals surface area contributed by atoms with Crippen LogP contribution >= 0.6 is 0 Å². The maximum absolute atomic E-state index is 15.2. The van der Waals surface area contributed by atoms with Crippen LogP contribution in [0.15, 0.2) is 66.7 Å². The lowest BCUT2D eigenvalue weighted by Gasteiger charge is -2.41. The summed E-state index contributed by atoms with van der Waals surface area (Å²) in [6.07, 6.45) is -24.8. The third-order valence-corrected chi connectivity index (χ3v) is 7.48. The van der Waals surface area contributed by atoms with Gasteiger partial charge >= 0.3 is 24.9 Å². The fourth-order valence-electron chi connectivity index (χ4n) is 5.69. The van der Waals surface area contributed by atoms with Gasteiger partial charge < -0.3 is 19.9 Å². The van der Waals surface area contributed by atoms with E-state index in [4.69, 9.17) is 10.5 Å². The number of epoxide rings is 1. The molecule has 0 spiro atoms. The van der Waals surface area contributed by atoms with Gasteiger partial charge in [-0.15, -0.1) is 0 Å². The second-order valence-corrected chi connectivity index (χ2v) is 10.8. The number of carbonyl (C=O) groups excluding carboxylic acids is 1. The maximum Gasteiger partial charge on any atom is 0.461 e. The monoisotopic (exact) mass is 689 g/mol. The van der Waals surface area contributed by atoms with E-state index in [-0.39, 0.29) is 23.8 Å². The van der Waals surface area contributed by atoms with E-state index in [0.29, 0.717) is 18.2 Å². The van der Waals surface area contributed by atoms with Crippen LogP contribution in [0.5, 0.6) is 11.5 Å². The van der Waals surface area contributed by atoms with Gasteiger partial charge in [0.2, 0.25) is 5.60 Å². The number of benzene rings is 3. The lowest BCUT2D eigenvalue weighted by atomic mass is 9.58. The Labute approximate surface area is 258 Å². The van der Waals surface area contributed by atoms with Gasteiger partial charge in [-0.3, -0.25) is 4.79 Å². The van der Waals surface area contributed by atoms with Crippen molar-refractivity contribution in [2.75, 3.05) is 0 Å². The van der Waals surface area contributed by atoms with E-state index in [9.17, 15) is 53.1 Å². The summed E-state index contributed by atoms with van der Waals surface area (Å²) in [6.45, 7) is 2.77. The van der Waals surface area contributed by atoms with Gasteiger partial charge in [0.05, 0.1) is 11.5 Å². The molecule has 17 heteroatoms. The summed E-state index contributed by atoms with van der Waals surface area (Å²) >= 11 is 0. The van der Waals surface area contributed by atoms with E-state index in [1.807, 2.05) is 0 Å². The Morgan fingerprint density at radius 3 is 1.94 bits per heavy atom. The van der Waals surface area contributed by atoms with Crippen molar-refractivity contribution in [3.8, 4) is 11.5 Å². The maximum atomic E-state index is 15.2. The molecule has 47 heavy (non-hydrogen) atoms. The number of halogens is 12. The van der Waals surface area contributed by atoms with Crippen LogP contribution in [0.2, 0.25) is 0 Å². The fourth-order valence-corrected chi connectivity index (χ4v) is 5.69. The quantitative estimate of drug-likeness (QED) is 0.166. The molecule has 0 radical (unpaired) electrons. The highest BCUT2D eigenvalue weighted by Gasteiger charge is 3.00. The SMILES string of the molecule is CC(C)Oc1cc([C@](Cc2ccccc2)(c2cc(F)cc(OC(F)(F)C(F)F)c2)C2(C(N)=O)OC2(C(F)(F)F)C(F)(F)F)ccc1F. The molecule has 1 aliphatic heterocycles. The number of hydrogen-bond donors (Lipinski definition) is 1. The summed E-state index contributed by atoms with van der Waals surface area (Å²) in [4.78, 5) is 13.2. The number of carbonyl (C=O) groups is 1. The van der Waals surface area contributed by atoms with Crippen LogP contribution in [0.3, 0.4) is 0 Å². The average Bonchev–Trinajstić information content (AvgIpc) is 3.68. The predicted molar refractivity (Wildman–Crippen MR) is 139 cm³/mol. The first kappa shape index (κ1) is 35.7. The number of ether oxygens (including phenoxy) is 3. The molecule has 1 unspecified atom stereocenters. The fraction of sp³-hybridized carbons (Fsp3) is 0.367. The zero-order valence-corrected chi connectivity index (χ0v) is 24.0. The molecule has 1 amide bonds. The molecule has 1 heterocycles. The number of rotatable bonds is 11. The van der Waals surface area contributed by atoms with Crippen LogP contribution in [0.4, 0.5) is 52.7 Å². The van der Waals surface area contributed by atoms with Gasteiger partial charge in [-0.05, 0) is 61.2 Å². The van der Waals surface area contributed by atoms with Crippen molar-refractivity contribution in [1.29, 1.82) is 0 Å². The van der Waals surface area contributed by atoms with E-state index >= 15 is 4.39 Å². The Morgan fingerprint density at radius 1 is 0.851 bits per heavy atom. The molecule has 4 rings (SSSR count). The van der Waals surface area contributed by atoms with Crippen LogP contribution in [-0.4, -0.2) is 48.1 Å². The van der Waals surface area contributed by atoms with Crippen LogP contribution in [-0.2, 0) is 21.4 Å². The second-order valence-electron chi connectivity index (χ2n) is 10.8. The Hall–Kier alpha value is -4.15. The Morgan fingerprint density at radius 2 is 1.45 bits per heavy atom. The van der Waals surface area contributed by atoms with E-state index in [2.05, 4.69) is 9.47 Å². The molecule has 2 atom stereocenters. The van der Waals surface area contributed by atoms with Crippen LogP contribution < -0.4 is 15.2 Å². The molecule has 0 aromatic heterocycles. The summed E-state index contributed by atoms with van der Waals surface area (Å²) in [5.74, 6) is -7.53. The minimum Gasteiger partial charge on any atom is -0.488 e. The summed E-state index contributed by atoms with van der Waals surface area (Å²) in [7, 11) is 0. The minimum atomic E-state index is -6.48. The van der Waals surface area contributed by atoms with Gasteiger partial charge in [0.1, 0.15) is 11.6 Å². The molecule has 256 valence electrons. The molecule has 0 bridgehead atoms. The molecule has 3 aromatic rings. The molecule has 1 saturated heterocycles. The lowest BCUT2D eigenvalue weighted by Crippen LogP contribution is -2.64. The average molecular weight is 689 g/mol. The van der Waals surface area contributed by atoms with E-state index in [1.165, 1.54) is 44.2 Å². The van der Waals surface area contributed by atoms with Crippen LogP contribution in [0.25, 0.3) is 0 Å². The highest BCUT2D eigenvalue weighted by molar-refractivity contribution is 5.93. The molecule has 1 fully saturated rings. The number of primary amides is 1. The third kappa shape index (κ3) is 5.82. The highest BCUT2D eigenvalue weighted by atomic mass is 19.4.